The predicted octanol–water partition coefficient (Wildman–Crippen LogP) is 2.38. The van der Waals surface area contributed by atoms with E-state index in [1.54, 1.807) is 0 Å². The summed E-state index contributed by atoms with van der Waals surface area (Å²) < 4.78 is 52.3. The summed E-state index contributed by atoms with van der Waals surface area (Å²) in [5.41, 5.74) is -0.468. The molecule has 0 aliphatic rings. The van der Waals surface area contributed by atoms with Gasteiger partial charge in [0.15, 0.2) is 17.9 Å². The number of benzene rings is 1. The summed E-state index contributed by atoms with van der Waals surface area (Å²) in [6, 6.07) is 0.880. The Labute approximate surface area is 76.1 Å². The molecule has 0 heterocycles. The fourth-order valence-corrected chi connectivity index (χ4v) is 0.834. The van der Waals surface area contributed by atoms with E-state index in [9.17, 15) is 22.4 Å². The number of alkyl halides is 2. The van der Waals surface area contributed by atoms with Gasteiger partial charge in [-0.3, -0.25) is 4.79 Å². The van der Waals surface area contributed by atoms with Gasteiger partial charge >= 0.3 is 6.61 Å². The van der Waals surface area contributed by atoms with Crippen molar-refractivity contribution in [2.75, 3.05) is 0 Å². The second-order valence-corrected chi connectivity index (χ2v) is 2.30. The van der Waals surface area contributed by atoms with Gasteiger partial charge in [-0.25, -0.2) is 8.78 Å². The Morgan fingerprint density at radius 3 is 2.29 bits per heavy atom. The maximum Gasteiger partial charge on any atom is 0.387 e. The normalized spacial score (nSPS) is 10.4. The molecule has 0 aliphatic carbocycles. The number of halogens is 4. The third-order valence-corrected chi connectivity index (χ3v) is 1.40. The van der Waals surface area contributed by atoms with Crippen LogP contribution in [0.25, 0.3) is 0 Å². The molecule has 0 aromatic heterocycles. The topological polar surface area (TPSA) is 26.3 Å². The quantitative estimate of drug-likeness (QED) is 0.563. The molecule has 6 heteroatoms. The van der Waals surface area contributed by atoms with Crippen molar-refractivity contribution in [2.45, 2.75) is 6.61 Å². The van der Waals surface area contributed by atoms with Gasteiger partial charge < -0.3 is 4.74 Å². The highest BCUT2D eigenvalue weighted by molar-refractivity contribution is 5.79. The summed E-state index contributed by atoms with van der Waals surface area (Å²) in [7, 11) is 0. The van der Waals surface area contributed by atoms with Gasteiger partial charge in [-0.2, -0.15) is 8.78 Å². The lowest BCUT2D eigenvalue weighted by Gasteiger charge is -2.06. The van der Waals surface area contributed by atoms with E-state index < -0.39 is 29.6 Å². The molecule has 1 rings (SSSR count). The van der Waals surface area contributed by atoms with Crippen LogP contribution in [0.2, 0.25) is 0 Å². The van der Waals surface area contributed by atoms with Crippen LogP contribution in [0.15, 0.2) is 12.1 Å². The van der Waals surface area contributed by atoms with Crippen LogP contribution in [0.4, 0.5) is 17.6 Å². The summed E-state index contributed by atoms with van der Waals surface area (Å²) in [5, 5.41) is 0. The van der Waals surface area contributed by atoms with Crippen LogP contribution < -0.4 is 4.74 Å². The second-order valence-electron chi connectivity index (χ2n) is 2.30. The van der Waals surface area contributed by atoms with Crippen molar-refractivity contribution in [1.82, 2.24) is 0 Å². The number of hydrogen-bond donors (Lipinski definition) is 0. The third kappa shape index (κ3) is 2.21. The molecule has 1 aromatic rings. The fraction of sp³-hybridized carbons (Fsp3) is 0.125. The predicted molar refractivity (Wildman–Crippen MR) is 38.4 cm³/mol. The molecule has 14 heavy (non-hydrogen) atoms. The Kier molecular flexibility index (Phi) is 3.06. The lowest BCUT2D eigenvalue weighted by atomic mass is 10.2. The molecule has 0 unspecified atom stereocenters. The van der Waals surface area contributed by atoms with Crippen LogP contribution >= 0.6 is 0 Å². The van der Waals surface area contributed by atoms with Gasteiger partial charge in [-0.1, -0.05) is 0 Å². The van der Waals surface area contributed by atoms with Gasteiger partial charge in [0.25, 0.3) is 0 Å². The molecule has 2 nitrogen and oxygen atoms in total. The van der Waals surface area contributed by atoms with E-state index in [0.717, 1.165) is 0 Å². The largest absolute Gasteiger partial charge is 0.434 e. The summed E-state index contributed by atoms with van der Waals surface area (Å²) >= 11 is 0. The van der Waals surface area contributed by atoms with Gasteiger partial charge in [-0.15, -0.1) is 0 Å². The van der Waals surface area contributed by atoms with Crippen molar-refractivity contribution in [3.05, 3.63) is 29.3 Å². The molecule has 0 radical (unpaired) electrons. The van der Waals surface area contributed by atoms with Crippen LogP contribution in [-0.4, -0.2) is 12.9 Å². The molecule has 0 saturated carbocycles. The van der Waals surface area contributed by atoms with E-state index in [1.807, 2.05) is 0 Å². The van der Waals surface area contributed by atoms with E-state index in [4.69, 9.17) is 0 Å². The van der Waals surface area contributed by atoms with Gasteiger partial charge in [0, 0.05) is 6.07 Å². The van der Waals surface area contributed by atoms with Crippen molar-refractivity contribution < 1.29 is 27.1 Å². The van der Waals surface area contributed by atoms with Crippen LogP contribution in [0, 0.1) is 11.6 Å². The molecule has 0 spiro atoms. The monoisotopic (exact) mass is 208 g/mol. The molecule has 0 fully saturated rings. The van der Waals surface area contributed by atoms with E-state index >= 15 is 0 Å². The van der Waals surface area contributed by atoms with Gasteiger partial charge in [0.2, 0.25) is 0 Å². The number of carbonyl (C=O) groups excluding carboxylic acids is 1. The molecule has 0 N–H and O–H groups in total. The minimum atomic E-state index is -3.20. The van der Waals surface area contributed by atoms with Gasteiger partial charge in [0.1, 0.15) is 5.75 Å². The smallest absolute Gasteiger partial charge is 0.387 e. The third-order valence-electron chi connectivity index (χ3n) is 1.40. The number of aldehydes is 1. The van der Waals surface area contributed by atoms with Gasteiger partial charge in [-0.05, 0) is 6.07 Å². The summed E-state index contributed by atoms with van der Waals surface area (Å²) in [6.45, 7) is -3.20. The van der Waals surface area contributed by atoms with Crippen molar-refractivity contribution in [3.8, 4) is 5.75 Å². The minimum Gasteiger partial charge on any atom is -0.434 e. The number of ether oxygens (including phenoxy) is 1. The lowest BCUT2D eigenvalue weighted by molar-refractivity contribution is -0.0502. The zero-order valence-corrected chi connectivity index (χ0v) is 6.64. The zero-order valence-electron chi connectivity index (χ0n) is 6.64. The molecular formula is C8H4F4O2. The molecule has 0 amide bonds. The van der Waals surface area contributed by atoms with Crippen molar-refractivity contribution >= 4 is 6.29 Å². The molecule has 0 bridgehead atoms. The second kappa shape index (κ2) is 4.08. The first-order valence-corrected chi connectivity index (χ1v) is 3.43. The Bertz CT molecular complexity index is 351. The van der Waals surface area contributed by atoms with E-state index in [0.29, 0.717) is 12.1 Å². The van der Waals surface area contributed by atoms with Crippen molar-refractivity contribution in [3.63, 3.8) is 0 Å². The van der Waals surface area contributed by atoms with Gasteiger partial charge in [0.05, 0.1) is 5.56 Å². The molecule has 0 saturated heterocycles. The molecule has 0 aliphatic heterocycles. The number of carbonyl (C=O) groups is 1. The molecule has 1 aromatic carbocycles. The van der Waals surface area contributed by atoms with Crippen molar-refractivity contribution in [2.24, 2.45) is 0 Å². The standard InChI is InChI=1S/C8H4F4O2/c9-5-1-4(3-13)7(2-6(5)10)14-8(11)12/h1-3,8H. The SMILES string of the molecule is O=Cc1cc(F)c(F)cc1OC(F)F. The van der Waals surface area contributed by atoms with E-state index in [-0.39, 0.29) is 6.29 Å². The highest BCUT2D eigenvalue weighted by Gasteiger charge is 2.13. The Balaban J connectivity index is 3.13. The van der Waals surface area contributed by atoms with Crippen LogP contribution in [0.1, 0.15) is 10.4 Å². The van der Waals surface area contributed by atoms with E-state index in [1.165, 1.54) is 0 Å². The first-order chi connectivity index (χ1) is 6.54. The summed E-state index contributed by atoms with van der Waals surface area (Å²) in [5.74, 6) is -3.34. The number of hydrogen-bond acceptors (Lipinski definition) is 2. The Morgan fingerprint density at radius 1 is 1.21 bits per heavy atom. The Morgan fingerprint density at radius 2 is 1.79 bits per heavy atom. The Hall–Kier alpha value is -1.59. The molecule has 0 atom stereocenters. The average Bonchev–Trinajstić information content (AvgIpc) is 2.10. The van der Waals surface area contributed by atoms with Crippen molar-refractivity contribution in [1.29, 1.82) is 0 Å². The highest BCUT2D eigenvalue weighted by Crippen LogP contribution is 2.22. The zero-order chi connectivity index (χ0) is 10.7. The fourth-order valence-electron chi connectivity index (χ4n) is 0.834. The maximum atomic E-state index is 12.5. The van der Waals surface area contributed by atoms with Crippen LogP contribution in [0.3, 0.4) is 0 Å². The molecule has 76 valence electrons. The highest BCUT2D eigenvalue weighted by atomic mass is 19.3. The first-order valence-electron chi connectivity index (χ1n) is 3.43. The number of rotatable bonds is 3. The molecular weight excluding hydrogens is 204 g/mol. The summed E-state index contributed by atoms with van der Waals surface area (Å²) in [6.07, 6.45) is 0.0975. The van der Waals surface area contributed by atoms with E-state index in [2.05, 4.69) is 4.74 Å². The first kappa shape index (κ1) is 10.5. The minimum absolute atomic E-state index is 0.0975. The average molecular weight is 208 g/mol. The van der Waals surface area contributed by atoms with Crippen LogP contribution in [-0.2, 0) is 0 Å². The maximum absolute atomic E-state index is 12.5. The summed E-state index contributed by atoms with van der Waals surface area (Å²) in [4.78, 5) is 10.3. The van der Waals surface area contributed by atoms with Crippen LogP contribution in [0.5, 0.6) is 5.75 Å². The lowest BCUT2D eigenvalue weighted by Crippen LogP contribution is -2.05.